The number of fused-ring (bicyclic) bond motifs is 1. The summed E-state index contributed by atoms with van der Waals surface area (Å²) in [7, 11) is 0. The van der Waals surface area contributed by atoms with Gasteiger partial charge in [-0.2, -0.15) is 39.5 Å². The molecule has 242 valence electrons. The summed E-state index contributed by atoms with van der Waals surface area (Å²) in [6, 6.07) is 1.78. The molecule has 0 aromatic heterocycles. The van der Waals surface area contributed by atoms with Crippen molar-refractivity contribution in [1.82, 2.24) is 4.90 Å². The van der Waals surface area contributed by atoms with Gasteiger partial charge in [0.05, 0.1) is 41.6 Å². The number of alkyl halides is 9. The molecule has 2 aliphatic heterocycles. The molecule has 2 aromatic carbocycles. The number of aryl methyl sites for hydroxylation is 1. The van der Waals surface area contributed by atoms with Crippen LogP contribution in [0.4, 0.5) is 50.0 Å². The van der Waals surface area contributed by atoms with E-state index < -0.39 is 71.5 Å². The third-order valence-corrected chi connectivity index (χ3v) is 7.63. The fourth-order valence-electron chi connectivity index (χ4n) is 5.51. The number of carbonyl (C=O) groups excluding carboxylic acids is 2. The topological polar surface area (TPSA) is 59.1 Å². The standard InChI is InChI=1S/C29H29F9N2O4/c1-16-10-22-24(40(17(2)41)15-18-11-19(27(30,31)32)13-20(12-18)28(33,34)35)4-3-7-39(25(22)14-23(16)29(36,37)38)26(42)44-21-5-8-43-9-6-21/h10-14,21,24H,3-9,15H2,1-2H3/t24-/m0/s1. The summed E-state index contributed by atoms with van der Waals surface area (Å²) < 4.78 is 134. The van der Waals surface area contributed by atoms with Crippen molar-refractivity contribution in [2.24, 2.45) is 0 Å². The molecule has 0 aliphatic carbocycles. The molecular formula is C29H29F9N2O4. The van der Waals surface area contributed by atoms with Crippen LogP contribution in [0.5, 0.6) is 0 Å². The minimum absolute atomic E-state index is 0.0352. The summed E-state index contributed by atoms with van der Waals surface area (Å²) in [6.07, 6.45) is -15.6. The molecule has 1 saturated heterocycles. The number of hydrogen-bond donors (Lipinski definition) is 0. The van der Waals surface area contributed by atoms with Gasteiger partial charge in [0.15, 0.2) is 0 Å². The van der Waals surface area contributed by atoms with E-state index in [1.54, 1.807) is 0 Å². The van der Waals surface area contributed by atoms with Gasteiger partial charge in [-0.05, 0) is 60.7 Å². The Hall–Kier alpha value is -3.49. The number of hydrogen-bond acceptors (Lipinski definition) is 4. The third-order valence-electron chi connectivity index (χ3n) is 7.63. The van der Waals surface area contributed by atoms with Crippen LogP contribution in [0.25, 0.3) is 0 Å². The van der Waals surface area contributed by atoms with Crippen molar-refractivity contribution < 1.29 is 58.6 Å². The number of nitrogens with zero attached hydrogens (tertiary/aromatic N) is 2. The number of anilines is 1. The van der Waals surface area contributed by atoms with E-state index in [0.29, 0.717) is 38.2 Å². The first kappa shape index (κ1) is 33.4. The predicted octanol–water partition coefficient (Wildman–Crippen LogP) is 8.06. The Balaban J connectivity index is 1.80. The fourth-order valence-corrected chi connectivity index (χ4v) is 5.51. The summed E-state index contributed by atoms with van der Waals surface area (Å²) in [5.74, 6) is -0.747. The quantitative estimate of drug-likeness (QED) is 0.318. The van der Waals surface area contributed by atoms with E-state index in [9.17, 15) is 49.1 Å². The van der Waals surface area contributed by atoms with Crippen LogP contribution in [0.2, 0.25) is 0 Å². The van der Waals surface area contributed by atoms with Crippen molar-refractivity contribution in [3.05, 3.63) is 63.7 Å². The van der Waals surface area contributed by atoms with Crippen LogP contribution in [0.3, 0.4) is 0 Å². The molecule has 2 heterocycles. The van der Waals surface area contributed by atoms with Crippen LogP contribution in [0.15, 0.2) is 30.3 Å². The lowest BCUT2D eigenvalue weighted by Crippen LogP contribution is -2.37. The van der Waals surface area contributed by atoms with Crippen LogP contribution in [-0.4, -0.2) is 42.8 Å². The molecule has 1 fully saturated rings. The van der Waals surface area contributed by atoms with E-state index in [-0.39, 0.29) is 42.3 Å². The zero-order valence-electron chi connectivity index (χ0n) is 23.6. The van der Waals surface area contributed by atoms with E-state index in [0.717, 1.165) is 28.9 Å². The monoisotopic (exact) mass is 640 g/mol. The highest BCUT2D eigenvalue weighted by atomic mass is 19.4. The maximum atomic E-state index is 14.0. The van der Waals surface area contributed by atoms with Gasteiger partial charge in [-0.25, -0.2) is 4.79 Å². The minimum atomic E-state index is -5.12. The SMILES string of the molecule is CC(=O)N(Cc1cc(C(F)(F)F)cc(C(F)(F)F)c1)[C@H]1CCCN(C(=O)OC2CCOCC2)c2cc(C(F)(F)F)c(C)cc21. The second kappa shape index (κ2) is 12.5. The number of carbonyl (C=O) groups is 2. The zero-order valence-corrected chi connectivity index (χ0v) is 23.6. The van der Waals surface area contributed by atoms with Crippen molar-refractivity contribution in [2.75, 3.05) is 24.7 Å². The average molecular weight is 641 g/mol. The molecule has 1 atom stereocenters. The number of halogens is 9. The van der Waals surface area contributed by atoms with E-state index in [2.05, 4.69) is 0 Å². The second-order valence-corrected chi connectivity index (χ2v) is 10.8. The van der Waals surface area contributed by atoms with Gasteiger partial charge in [0.25, 0.3) is 0 Å². The molecule has 0 N–H and O–H groups in total. The molecular weight excluding hydrogens is 611 g/mol. The summed E-state index contributed by atoms with van der Waals surface area (Å²) >= 11 is 0. The van der Waals surface area contributed by atoms with E-state index >= 15 is 0 Å². The Labute approximate surface area is 246 Å². The number of benzene rings is 2. The van der Waals surface area contributed by atoms with E-state index in [4.69, 9.17) is 9.47 Å². The molecule has 2 amide bonds. The molecule has 44 heavy (non-hydrogen) atoms. The highest BCUT2D eigenvalue weighted by Gasteiger charge is 2.40. The van der Waals surface area contributed by atoms with Gasteiger partial charge < -0.3 is 14.4 Å². The normalized spacial score (nSPS) is 18.4. The van der Waals surface area contributed by atoms with Gasteiger partial charge in [0, 0.05) is 32.9 Å². The maximum absolute atomic E-state index is 14.0. The van der Waals surface area contributed by atoms with Crippen molar-refractivity contribution >= 4 is 17.7 Å². The smallest absolute Gasteiger partial charge is 0.416 e. The maximum Gasteiger partial charge on any atom is 0.416 e. The summed E-state index contributed by atoms with van der Waals surface area (Å²) in [4.78, 5) is 28.2. The molecule has 2 aromatic rings. The Bertz CT molecular complexity index is 1350. The van der Waals surface area contributed by atoms with Gasteiger partial charge in [-0.15, -0.1) is 0 Å². The lowest BCUT2D eigenvalue weighted by Gasteiger charge is -2.33. The third kappa shape index (κ3) is 7.59. The highest BCUT2D eigenvalue weighted by Crippen LogP contribution is 2.44. The summed E-state index contributed by atoms with van der Waals surface area (Å²) in [5, 5.41) is 0. The zero-order chi connectivity index (χ0) is 32.6. The fraction of sp³-hybridized carbons (Fsp3) is 0.517. The Morgan fingerprint density at radius 1 is 0.886 bits per heavy atom. The van der Waals surface area contributed by atoms with Crippen LogP contribution < -0.4 is 4.90 Å². The lowest BCUT2D eigenvalue weighted by molar-refractivity contribution is -0.143. The number of rotatable bonds is 4. The molecule has 6 nitrogen and oxygen atoms in total. The van der Waals surface area contributed by atoms with Gasteiger partial charge in [0.2, 0.25) is 5.91 Å². The molecule has 4 rings (SSSR count). The molecule has 0 bridgehead atoms. The summed E-state index contributed by atoms with van der Waals surface area (Å²) in [5.41, 5.74) is -5.05. The molecule has 2 aliphatic rings. The number of ether oxygens (including phenoxy) is 2. The Kier molecular flexibility index (Phi) is 9.48. The van der Waals surface area contributed by atoms with Crippen molar-refractivity contribution in [3.8, 4) is 0 Å². The van der Waals surface area contributed by atoms with Crippen LogP contribution in [0.1, 0.15) is 72.0 Å². The Morgan fingerprint density at radius 3 is 2.00 bits per heavy atom. The molecule has 0 saturated carbocycles. The van der Waals surface area contributed by atoms with Crippen molar-refractivity contribution in [2.45, 2.75) is 76.8 Å². The molecule has 0 spiro atoms. The predicted molar refractivity (Wildman–Crippen MR) is 138 cm³/mol. The highest BCUT2D eigenvalue weighted by molar-refractivity contribution is 5.90. The lowest BCUT2D eigenvalue weighted by atomic mass is 9.94. The minimum Gasteiger partial charge on any atom is -0.446 e. The van der Waals surface area contributed by atoms with Crippen LogP contribution in [-0.2, 0) is 39.3 Å². The molecule has 0 unspecified atom stereocenters. The van der Waals surface area contributed by atoms with E-state index in [1.807, 2.05) is 0 Å². The van der Waals surface area contributed by atoms with Crippen molar-refractivity contribution in [1.29, 1.82) is 0 Å². The van der Waals surface area contributed by atoms with Gasteiger partial charge in [0.1, 0.15) is 6.10 Å². The van der Waals surface area contributed by atoms with Crippen LogP contribution >= 0.6 is 0 Å². The molecule has 0 radical (unpaired) electrons. The van der Waals surface area contributed by atoms with Gasteiger partial charge in [-0.3, -0.25) is 9.69 Å². The number of amides is 2. The van der Waals surface area contributed by atoms with Crippen molar-refractivity contribution in [3.63, 3.8) is 0 Å². The first-order valence-corrected chi connectivity index (χ1v) is 13.7. The molecule has 15 heteroatoms. The second-order valence-electron chi connectivity index (χ2n) is 10.8. The van der Waals surface area contributed by atoms with Crippen LogP contribution in [0, 0.1) is 6.92 Å². The van der Waals surface area contributed by atoms with Gasteiger partial charge >= 0.3 is 24.6 Å². The average Bonchev–Trinajstić information content (AvgIpc) is 3.09. The van der Waals surface area contributed by atoms with E-state index in [1.165, 1.54) is 6.92 Å². The van der Waals surface area contributed by atoms with Gasteiger partial charge in [-0.1, -0.05) is 6.07 Å². The first-order chi connectivity index (χ1) is 20.4. The first-order valence-electron chi connectivity index (χ1n) is 13.7. The Morgan fingerprint density at radius 2 is 1.48 bits per heavy atom. The largest absolute Gasteiger partial charge is 0.446 e. The summed E-state index contributed by atoms with van der Waals surface area (Å²) in [6.45, 7) is 2.06.